The fourth-order valence-electron chi connectivity index (χ4n) is 1.85. The lowest BCUT2D eigenvalue weighted by molar-refractivity contribution is 0.503. The van der Waals surface area contributed by atoms with Crippen LogP contribution in [0.4, 0.5) is 0 Å². The van der Waals surface area contributed by atoms with Crippen molar-refractivity contribution in [3.8, 4) is 0 Å². The maximum absolute atomic E-state index is 6.18. The molecule has 3 nitrogen and oxygen atoms in total. The molecule has 0 saturated heterocycles. The first-order valence-electron chi connectivity index (χ1n) is 6.07. The Kier molecular flexibility index (Phi) is 4.87. The summed E-state index contributed by atoms with van der Waals surface area (Å²) in [6.45, 7) is 8.42. The van der Waals surface area contributed by atoms with Crippen molar-refractivity contribution in [2.75, 3.05) is 0 Å². The quantitative estimate of drug-likeness (QED) is 0.831. The van der Waals surface area contributed by atoms with Gasteiger partial charge in [-0.3, -0.25) is 0 Å². The third-order valence-corrected chi connectivity index (χ3v) is 2.84. The average Bonchev–Trinajstić information content (AvgIpc) is 2.21. The second-order valence-electron chi connectivity index (χ2n) is 4.96. The summed E-state index contributed by atoms with van der Waals surface area (Å²) in [7, 11) is 0. The Hall–Kier alpha value is -0.960. The third kappa shape index (κ3) is 3.89. The molecule has 0 spiro atoms. The zero-order chi connectivity index (χ0) is 12.1. The molecule has 1 heterocycles. The lowest BCUT2D eigenvalue weighted by Crippen LogP contribution is -2.13. The van der Waals surface area contributed by atoms with Gasteiger partial charge in [0.25, 0.3) is 0 Å². The van der Waals surface area contributed by atoms with E-state index >= 15 is 0 Å². The van der Waals surface area contributed by atoms with Gasteiger partial charge in [-0.15, -0.1) is 0 Å². The van der Waals surface area contributed by atoms with Gasteiger partial charge in [-0.1, -0.05) is 26.7 Å². The van der Waals surface area contributed by atoms with Crippen LogP contribution < -0.4 is 5.73 Å². The first-order chi connectivity index (χ1) is 7.50. The Bertz CT molecular complexity index is 334. The number of nitrogens with two attached hydrogens (primary N) is 1. The maximum atomic E-state index is 6.18. The number of aromatic nitrogens is 2. The summed E-state index contributed by atoms with van der Waals surface area (Å²) in [6, 6.07) is 2.16. The summed E-state index contributed by atoms with van der Waals surface area (Å²) < 4.78 is 0. The molecule has 2 N–H and O–H groups in total. The molecule has 0 fully saturated rings. The summed E-state index contributed by atoms with van der Waals surface area (Å²) in [4.78, 5) is 0. The van der Waals surface area contributed by atoms with Gasteiger partial charge < -0.3 is 5.73 Å². The van der Waals surface area contributed by atoms with Crippen LogP contribution in [0.1, 0.15) is 56.1 Å². The molecule has 3 heteroatoms. The molecule has 0 aromatic carbocycles. The molecule has 0 radical (unpaired) electrons. The van der Waals surface area contributed by atoms with Gasteiger partial charge in [-0.2, -0.15) is 10.2 Å². The number of aryl methyl sites for hydroxylation is 2. The Morgan fingerprint density at radius 2 is 1.88 bits per heavy atom. The van der Waals surface area contributed by atoms with Crippen LogP contribution in [0.3, 0.4) is 0 Å². The van der Waals surface area contributed by atoms with E-state index in [1.165, 1.54) is 12.8 Å². The topological polar surface area (TPSA) is 51.8 Å². The molecule has 90 valence electrons. The predicted octanol–water partition coefficient (Wildman–Crippen LogP) is 2.92. The Morgan fingerprint density at radius 3 is 2.50 bits per heavy atom. The van der Waals surface area contributed by atoms with Crippen LogP contribution >= 0.6 is 0 Å². The van der Waals surface area contributed by atoms with Crippen molar-refractivity contribution in [3.05, 3.63) is 23.0 Å². The zero-order valence-corrected chi connectivity index (χ0v) is 10.8. The second kappa shape index (κ2) is 5.94. The molecule has 0 aliphatic heterocycles. The van der Waals surface area contributed by atoms with Gasteiger partial charge in [0.1, 0.15) is 0 Å². The van der Waals surface area contributed by atoms with Crippen molar-refractivity contribution in [1.82, 2.24) is 10.2 Å². The normalized spacial score (nSPS) is 13.1. The average molecular weight is 221 g/mol. The van der Waals surface area contributed by atoms with Crippen LogP contribution in [0.15, 0.2) is 6.07 Å². The molecule has 0 aliphatic carbocycles. The molecule has 1 atom stereocenters. The highest BCUT2D eigenvalue weighted by molar-refractivity contribution is 5.23. The first kappa shape index (κ1) is 13.1. The van der Waals surface area contributed by atoms with Crippen molar-refractivity contribution >= 4 is 0 Å². The van der Waals surface area contributed by atoms with Gasteiger partial charge in [0.15, 0.2) is 0 Å². The zero-order valence-electron chi connectivity index (χ0n) is 10.8. The van der Waals surface area contributed by atoms with Crippen LogP contribution in [0, 0.1) is 19.8 Å². The van der Waals surface area contributed by atoms with E-state index in [4.69, 9.17) is 5.73 Å². The van der Waals surface area contributed by atoms with Crippen LogP contribution in [-0.4, -0.2) is 10.2 Å². The van der Waals surface area contributed by atoms with E-state index in [1.807, 2.05) is 13.8 Å². The van der Waals surface area contributed by atoms with Gasteiger partial charge >= 0.3 is 0 Å². The summed E-state index contributed by atoms with van der Waals surface area (Å²) in [5.41, 5.74) is 9.24. The Morgan fingerprint density at radius 1 is 1.19 bits per heavy atom. The summed E-state index contributed by atoms with van der Waals surface area (Å²) in [6.07, 6.45) is 3.45. The van der Waals surface area contributed by atoms with Gasteiger partial charge in [0.05, 0.1) is 11.4 Å². The lowest BCUT2D eigenvalue weighted by Gasteiger charge is -2.14. The maximum Gasteiger partial charge on any atom is 0.0648 e. The Labute approximate surface area is 98.5 Å². The molecular formula is C13H23N3. The molecule has 0 amide bonds. The summed E-state index contributed by atoms with van der Waals surface area (Å²) in [5, 5.41) is 8.14. The fourth-order valence-corrected chi connectivity index (χ4v) is 1.85. The van der Waals surface area contributed by atoms with Crippen molar-refractivity contribution in [2.45, 2.75) is 53.0 Å². The van der Waals surface area contributed by atoms with Gasteiger partial charge in [-0.05, 0) is 37.8 Å². The standard InChI is InChI=1S/C13H23N3/c1-9(2)6-5-7-13(14)12-8-10(3)15-16-11(12)4/h8-9,13H,5-7,14H2,1-4H3. The molecule has 0 bridgehead atoms. The van der Waals surface area contributed by atoms with E-state index in [9.17, 15) is 0 Å². The smallest absolute Gasteiger partial charge is 0.0648 e. The highest BCUT2D eigenvalue weighted by atomic mass is 15.1. The fraction of sp³-hybridized carbons (Fsp3) is 0.692. The minimum Gasteiger partial charge on any atom is -0.324 e. The van der Waals surface area contributed by atoms with E-state index in [0.29, 0.717) is 0 Å². The molecule has 0 aliphatic rings. The SMILES string of the molecule is Cc1cc(C(N)CCCC(C)C)c(C)nn1. The largest absolute Gasteiger partial charge is 0.324 e. The number of hydrogen-bond donors (Lipinski definition) is 1. The van der Waals surface area contributed by atoms with Crippen LogP contribution in [-0.2, 0) is 0 Å². The van der Waals surface area contributed by atoms with Gasteiger partial charge in [0.2, 0.25) is 0 Å². The van der Waals surface area contributed by atoms with Gasteiger partial charge in [0, 0.05) is 6.04 Å². The van der Waals surface area contributed by atoms with Crippen LogP contribution in [0.25, 0.3) is 0 Å². The van der Waals surface area contributed by atoms with Crippen LogP contribution in [0.2, 0.25) is 0 Å². The summed E-state index contributed by atoms with van der Waals surface area (Å²) in [5.74, 6) is 0.755. The molecule has 0 saturated carbocycles. The summed E-state index contributed by atoms with van der Waals surface area (Å²) >= 11 is 0. The van der Waals surface area contributed by atoms with E-state index < -0.39 is 0 Å². The molecule has 16 heavy (non-hydrogen) atoms. The first-order valence-corrected chi connectivity index (χ1v) is 6.07. The number of nitrogens with zero attached hydrogens (tertiary/aromatic N) is 2. The van der Waals surface area contributed by atoms with Crippen molar-refractivity contribution in [1.29, 1.82) is 0 Å². The number of hydrogen-bond acceptors (Lipinski definition) is 3. The van der Waals surface area contributed by atoms with Crippen LogP contribution in [0.5, 0.6) is 0 Å². The molecule has 1 aromatic rings. The van der Waals surface area contributed by atoms with E-state index in [0.717, 1.165) is 29.3 Å². The van der Waals surface area contributed by atoms with E-state index in [-0.39, 0.29) is 6.04 Å². The second-order valence-corrected chi connectivity index (χ2v) is 4.96. The third-order valence-electron chi connectivity index (χ3n) is 2.84. The molecule has 1 unspecified atom stereocenters. The van der Waals surface area contributed by atoms with Crippen molar-refractivity contribution in [3.63, 3.8) is 0 Å². The lowest BCUT2D eigenvalue weighted by atomic mass is 9.98. The molecule has 1 rings (SSSR count). The monoisotopic (exact) mass is 221 g/mol. The minimum absolute atomic E-state index is 0.105. The highest BCUT2D eigenvalue weighted by Gasteiger charge is 2.10. The van der Waals surface area contributed by atoms with Gasteiger partial charge in [-0.25, -0.2) is 0 Å². The molecule has 1 aromatic heterocycles. The van der Waals surface area contributed by atoms with E-state index in [1.54, 1.807) is 0 Å². The highest BCUT2D eigenvalue weighted by Crippen LogP contribution is 2.20. The predicted molar refractivity (Wildman–Crippen MR) is 67.1 cm³/mol. The van der Waals surface area contributed by atoms with E-state index in [2.05, 4.69) is 30.1 Å². The minimum atomic E-state index is 0.105. The van der Waals surface area contributed by atoms with Crippen molar-refractivity contribution in [2.24, 2.45) is 11.7 Å². The molecular weight excluding hydrogens is 198 g/mol. The Balaban J connectivity index is 2.58. The number of rotatable bonds is 5. The van der Waals surface area contributed by atoms with Crippen molar-refractivity contribution < 1.29 is 0 Å².